The van der Waals surface area contributed by atoms with E-state index in [1.807, 2.05) is 55.4 Å². The van der Waals surface area contributed by atoms with E-state index in [1.165, 1.54) is 4.90 Å². The van der Waals surface area contributed by atoms with Gasteiger partial charge in [-0.15, -0.1) is 0 Å². The van der Waals surface area contributed by atoms with Crippen molar-refractivity contribution >= 4 is 12.2 Å². The fourth-order valence-electron chi connectivity index (χ4n) is 1.70. The number of rotatable bonds is 6. The molecule has 142 valence electrons. The summed E-state index contributed by atoms with van der Waals surface area (Å²) in [6.07, 6.45) is -0.796. The molecule has 0 radical (unpaired) electrons. The highest BCUT2D eigenvalue weighted by Gasteiger charge is 2.24. The lowest BCUT2D eigenvalue weighted by Crippen LogP contribution is -2.52. The zero-order valence-corrected chi connectivity index (χ0v) is 16.7. The van der Waals surface area contributed by atoms with Crippen molar-refractivity contribution in [3.63, 3.8) is 0 Å². The third kappa shape index (κ3) is 12.0. The number of nitrogens with zero attached hydrogens (tertiary/aromatic N) is 1. The second-order valence-corrected chi connectivity index (χ2v) is 8.59. The van der Waals surface area contributed by atoms with E-state index in [9.17, 15) is 9.59 Å². The number of carbonyl (C=O) groups excluding carboxylic acids is 2. The second kappa shape index (κ2) is 8.55. The Kier molecular flexibility index (Phi) is 8.02. The lowest BCUT2D eigenvalue weighted by atomic mass is 10.1. The van der Waals surface area contributed by atoms with Gasteiger partial charge in [0.2, 0.25) is 0 Å². The summed E-state index contributed by atoms with van der Waals surface area (Å²) in [6.45, 7) is 16.4. The Labute approximate surface area is 146 Å². The largest absolute Gasteiger partial charge is 0.444 e. The molecular weight excluding hydrogens is 310 g/mol. The number of likely N-dealkylation sites (N-methyl/N-ethyl adjacent to an activating group) is 1. The highest BCUT2D eigenvalue weighted by Crippen LogP contribution is 2.10. The number of amides is 2. The van der Waals surface area contributed by atoms with Gasteiger partial charge in [-0.1, -0.05) is 0 Å². The van der Waals surface area contributed by atoms with Gasteiger partial charge in [-0.05, 0) is 55.4 Å². The molecule has 0 fully saturated rings. The Morgan fingerprint density at radius 1 is 0.917 bits per heavy atom. The number of hydrogen-bond donors (Lipinski definition) is 2. The third-order valence-corrected chi connectivity index (χ3v) is 2.74. The maximum atomic E-state index is 11.8. The minimum Gasteiger partial charge on any atom is -0.444 e. The van der Waals surface area contributed by atoms with Crippen LogP contribution in [0.4, 0.5) is 9.59 Å². The molecular formula is C17H35N3O4. The van der Waals surface area contributed by atoms with Gasteiger partial charge in [0.1, 0.15) is 11.2 Å². The summed E-state index contributed by atoms with van der Waals surface area (Å²) in [4.78, 5) is 25.2. The van der Waals surface area contributed by atoms with Gasteiger partial charge >= 0.3 is 12.2 Å². The van der Waals surface area contributed by atoms with E-state index >= 15 is 0 Å². The molecule has 0 saturated carbocycles. The van der Waals surface area contributed by atoms with E-state index in [4.69, 9.17) is 9.47 Å². The predicted octanol–water partition coefficient (Wildman–Crippen LogP) is 2.75. The maximum Gasteiger partial charge on any atom is 0.410 e. The Balaban J connectivity index is 4.13. The molecule has 0 rings (SSSR count). The standard InChI is InChI=1S/C17H35N3O4/c1-15(2,3)23-13(21)19-17(7,8)12-18-10-11-20(9)14(22)24-16(4,5)6/h18H,10-12H2,1-9H3,(H,19,21). The summed E-state index contributed by atoms with van der Waals surface area (Å²) in [5.41, 5.74) is -1.49. The molecule has 7 nitrogen and oxygen atoms in total. The van der Waals surface area contributed by atoms with E-state index < -0.39 is 22.8 Å². The lowest BCUT2D eigenvalue weighted by molar-refractivity contribution is 0.0300. The Morgan fingerprint density at radius 3 is 1.88 bits per heavy atom. The normalized spacial score (nSPS) is 12.5. The van der Waals surface area contributed by atoms with Crippen LogP contribution >= 0.6 is 0 Å². The molecule has 0 spiro atoms. The van der Waals surface area contributed by atoms with Gasteiger partial charge in [0, 0.05) is 26.7 Å². The number of hydrogen-bond acceptors (Lipinski definition) is 5. The molecule has 0 aromatic carbocycles. The van der Waals surface area contributed by atoms with Crippen molar-refractivity contribution in [3.8, 4) is 0 Å². The van der Waals surface area contributed by atoms with Crippen LogP contribution in [-0.4, -0.2) is 60.5 Å². The highest BCUT2D eigenvalue weighted by atomic mass is 16.6. The third-order valence-electron chi connectivity index (χ3n) is 2.74. The van der Waals surface area contributed by atoms with Crippen LogP contribution in [-0.2, 0) is 9.47 Å². The van der Waals surface area contributed by atoms with E-state index in [0.29, 0.717) is 19.6 Å². The van der Waals surface area contributed by atoms with Crippen LogP contribution in [0.5, 0.6) is 0 Å². The molecule has 2 amide bonds. The fourth-order valence-corrected chi connectivity index (χ4v) is 1.70. The fraction of sp³-hybridized carbons (Fsp3) is 0.882. The van der Waals surface area contributed by atoms with Crippen molar-refractivity contribution in [2.45, 2.75) is 72.1 Å². The Hall–Kier alpha value is -1.50. The first-order valence-corrected chi connectivity index (χ1v) is 8.27. The van der Waals surface area contributed by atoms with Crippen LogP contribution in [0.1, 0.15) is 55.4 Å². The maximum absolute atomic E-state index is 11.8. The van der Waals surface area contributed by atoms with E-state index in [0.717, 1.165) is 0 Å². The Bertz CT molecular complexity index is 423. The summed E-state index contributed by atoms with van der Waals surface area (Å²) in [7, 11) is 1.69. The molecule has 0 aliphatic heterocycles. The molecule has 0 aromatic heterocycles. The van der Waals surface area contributed by atoms with Crippen LogP contribution in [0.3, 0.4) is 0 Å². The molecule has 24 heavy (non-hydrogen) atoms. The van der Waals surface area contributed by atoms with Gasteiger partial charge < -0.3 is 25.0 Å². The van der Waals surface area contributed by atoms with Gasteiger partial charge in [0.05, 0.1) is 5.54 Å². The predicted molar refractivity (Wildman–Crippen MR) is 95.2 cm³/mol. The van der Waals surface area contributed by atoms with Crippen LogP contribution in [0, 0.1) is 0 Å². The molecule has 7 heteroatoms. The van der Waals surface area contributed by atoms with E-state index in [1.54, 1.807) is 7.05 Å². The lowest BCUT2D eigenvalue weighted by Gasteiger charge is -2.29. The van der Waals surface area contributed by atoms with Gasteiger partial charge in [-0.25, -0.2) is 9.59 Å². The summed E-state index contributed by atoms with van der Waals surface area (Å²) in [5, 5.41) is 6.05. The van der Waals surface area contributed by atoms with Crippen LogP contribution in [0.15, 0.2) is 0 Å². The Morgan fingerprint density at radius 2 is 1.42 bits per heavy atom. The first-order valence-electron chi connectivity index (χ1n) is 8.27. The van der Waals surface area contributed by atoms with E-state index in [-0.39, 0.29) is 6.09 Å². The zero-order chi connectivity index (χ0) is 19.2. The highest BCUT2D eigenvalue weighted by molar-refractivity contribution is 5.68. The summed E-state index contributed by atoms with van der Waals surface area (Å²) in [6, 6.07) is 0. The average Bonchev–Trinajstić information content (AvgIpc) is 2.28. The van der Waals surface area contributed by atoms with Crippen molar-refractivity contribution < 1.29 is 19.1 Å². The van der Waals surface area contributed by atoms with Crippen LogP contribution < -0.4 is 10.6 Å². The van der Waals surface area contributed by atoms with Crippen molar-refractivity contribution in [3.05, 3.63) is 0 Å². The number of ether oxygens (including phenoxy) is 2. The molecule has 0 aromatic rings. The average molecular weight is 345 g/mol. The first-order chi connectivity index (χ1) is 10.6. The summed E-state index contributed by atoms with van der Waals surface area (Å²) in [5.74, 6) is 0. The van der Waals surface area contributed by atoms with Crippen LogP contribution in [0.2, 0.25) is 0 Å². The molecule has 0 aliphatic rings. The number of carbonyl (C=O) groups is 2. The van der Waals surface area contributed by atoms with Crippen molar-refractivity contribution in [2.24, 2.45) is 0 Å². The monoisotopic (exact) mass is 345 g/mol. The van der Waals surface area contributed by atoms with Gasteiger partial charge in [-0.3, -0.25) is 0 Å². The molecule has 0 atom stereocenters. The minimum atomic E-state index is -0.524. The smallest absolute Gasteiger partial charge is 0.410 e. The molecule has 0 aliphatic carbocycles. The topological polar surface area (TPSA) is 79.9 Å². The van der Waals surface area contributed by atoms with Gasteiger partial charge in [-0.2, -0.15) is 0 Å². The van der Waals surface area contributed by atoms with E-state index in [2.05, 4.69) is 10.6 Å². The van der Waals surface area contributed by atoms with Crippen molar-refractivity contribution in [1.82, 2.24) is 15.5 Å². The summed E-state index contributed by atoms with van der Waals surface area (Å²) >= 11 is 0. The molecule has 0 unspecified atom stereocenters. The number of alkyl carbamates (subject to hydrolysis) is 1. The zero-order valence-electron chi connectivity index (χ0n) is 16.7. The SMILES string of the molecule is CN(CCNCC(C)(C)NC(=O)OC(C)(C)C)C(=O)OC(C)(C)C. The van der Waals surface area contributed by atoms with Crippen LogP contribution in [0.25, 0.3) is 0 Å². The van der Waals surface area contributed by atoms with Crippen molar-refractivity contribution in [1.29, 1.82) is 0 Å². The molecule has 2 N–H and O–H groups in total. The number of nitrogens with one attached hydrogen (secondary N) is 2. The van der Waals surface area contributed by atoms with Gasteiger partial charge in [0.25, 0.3) is 0 Å². The van der Waals surface area contributed by atoms with Crippen molar-refractivity contribution in [2.75, 3.05) is 26.7 Å². The minimum absolute atomic E-state index is 0.351. The second-order valence-electron chi connectivity index (χ2n) is 8.59. The molecule has 0 saturated heterocycles. The quantitative estimate of drug-likeness (QED) is 0.724. The van der Waals surface area contributed by atoms with Gasteiger partial charge in [0.15, 0.2) is 0 Å². The first kappa shape index (κ1) is 22.5. The summed E-state index contributed by atoms with van der Waals surface area (Å²) < 4.78 is 10.5. The molecule has 0 heterocycles. The molecule has 0 bridgehead atoms.